The molecule has 6 atom stereocenters. The van der Waals surface area contributed by atoms with E-state index in [9.17, 15) is 10.2 Å². The number of benzene rings is 2. The number of aliphatic hydroxyl groups excluding tert-OH is 2. The summed E-state index contributed by atoms with van der Waals surface area (Å²) >= 11 is 0. The van der Waals surface area contributed by atoms with Crippen LogP contribution in [-0.2, 0) is 9.47 Å². The van der Waals surface area contributed by atoms with Crippen LogP contribution in [0.3, 0.4) is 0 Å². The molecule has 2 aliphatic rings. The average Bonchev–Trinajstić information content (AvgIpc) is 2.94. The third-order valence-corrected chi connectivity index (χ3v) is 9.59. The van der Waals surface area contributed by atoms with Gasteiger partial charge in [-0.25, -0.2) is 0 Å². The zero-order chi connectivity index (χ0) is 28.4. The van der Waals surface area contributed by atoms with Crippen LogP contribution in [0, 0.1) is 28.8 Å². The summed E-state index contributed by atoms with van der Waals surface area (Å²) in [5.41, 5.74) is 0.761. The number of hydrogen-bond acceptors (Lipinski definition) is 6. The van der Waals surface area contributed by atoms with Gasteiger partial charge in [0.05, 0.1) is 26.4 Å². The minimum absolute atomic E-state index is 0.0850. The van der Waals surface area contributed by atoms with E-state index in [0.717, 1.165) is 37.2 Å². The summed E-state index contributed by atoms with van der Waals surface area (Å²) < 4.78 is 23.2. The first-order valence-electron chi connectivity index (χ1n) is 14.6. The molecule has 6 unspecified atom stereocenters. The van der Waals surface area contributed by atoms with Crippen molar-refractivity contribution in [3.8, 4) is 17.6 Å². The van der Waals surface area contributed by atoms with Gasteiger partial charge in [-0.15, -0.1) is 8.04 Å². The highest BCUT2D eigenvalue weighted by molar-refractivity contribution is 7.26. The van der Waals surface area contributed by atoms with Crippen LogP contribution in [-0.4, -0.2) is 67.7 Å². The van der Waals surface area contributed by atoms with Crippen molar-refractivity contribution in [2.75, 3.05) is 39.6 Å². The molecule has 0 aromatic heterocycles. The molecule has 7 heteroatoms. The van der Waals surface area contributed by atoms with Gasteiger partial charge in [0.2, 0.25) is 0 Å². The summed E-state index contributed by atoms with van der Waals surface area (Å²) in [6.45, 7) is 6.90. The standard InChI is InChI=1S/C33H47O6P/c1-32(23-36-19-26(34)21-38-28-10-6-4-7-11-28)15-14-30(31(18-32)40-3)25-16-33(2,17-25)24-37-20-27(35)22-39-29-12-8-5-9-13-29/h3-13,25-27,30-31,34-35,40H,14-24H2,1-2H3. The van der Waals surface area contributed by atoms with Crippen LogP contribution >= 0.6 is 8.04 Å². The Bertz CT molecular complexity index is 1050. The molecule has 6 nitrogen and oxygen atoms in total. The molecule has 2 aromatic rings. The highest BCUT2D eigenvalue weighted by Crippen LogP contribution is 2.55. The van der Waals surface area contributed by atoms with Gasteiger partial charge >= 0.3 is 0 Å². The number of rotatable bonds is 15. The summed E-state index contributed by atoms with van der Waals surface area (Å²) in [5, 5.41) is 20.5. The Morgan fingerprint density at radius 3 is 1.77 bits per heavy atom. The molecular weight excluding hydrogens is 523 g/mol. The second kappa shape index (κ2) is 14.7. The van der Waals surface area contributed by atoms with Gasteiger partial charge in [0.15, 0.2) is 0 Å². The first-order valence-corrected chi connectivity index (χ1v) is 15.8. The number of aliphatic hydroxyl groups is 2. The fourth-order valence-electron chi connectivity index (χ4n) is 6.40. The van der Waals surface area contributed by atoms with Crippen LogP contribution in [0.15, 0.2) is 60.7 Å². The Kier molecular flexibility index (Phi) is 11.4. The summed E-state index contributed by atoms with van der Waals surface area (Å²) in [6, 6.07) is 19.1. The summed E-state index contributed by atoms with van der Waals surface area (Å²) in [4.78, 5) is 0. The molecule has 2 fully saturated rings. The lowest BCUT2D eigenvalue weighted by Gasteiger charge is -2.53. The number of hydrogen-bond donors (Lipinski definition) is 2. The lowest BCUT2D eigenvalue weighted by Crippen LogP contribution is -2.47. The molecule has 2 saturated carbocycles. The van der Waals surface area contributed by atoms with Crippen molar-refractivity contribution in [3.63, 3.8) is 0 Å². The lowest BCUT2D eigenvalue weighted by molar-refractivity contribution is -0.0804. The SMILES string of the molecule is C#[PH]C1CC(C)(COCC(O)COc2ccccc2)CCC1C1CC(C)(COCC(O)COc2ccccc2)C1. The Morgan fingerprint density at radius 2 is 1.27 bits per heavy atom. The maximum absolute atomic E-state index is 10.3. The van der Waals surface area contributed by atoms with Gasteiger partial charge in [0.1, 0.15) is 36.9 Å². The second-order valence-electron chi connectivity index (χ2n) is 12.6. The Morgan fingerprint density at radius 1 is 0.775 bits per heavy atom. The smallest absolute Gasteiger partial charge is 0.119 e. The van der Waals surface area contributed by atoms with Gasteiger partial charge in [-0.05, 0) is 79.0 Å². The van der Waals surface area contributed by atoms with E-state index in [1.54, 1.807) is 0 Å². The molecule has 0 aliphatic heterocycles. The van der Waals surface area contributed by atoms with Crippen LogP contribution in [0.25, 0.3) is 0 Å². The molecule has 2 aliphatic carbocycles. The van der Waals surface area contributed by atoms with Gasteiger partial charge in [-0.1, -0.05) is 50.2 Å². The minimum atomic E-state index is -0.653. The highest BCUT2D eigenvalue weighted by atomic mass is 31.0. The summed E-state index contributed by atoms with van der Waals surface area (Å²) in [5.74, 6) is 2.85. The van der Waals surface area contributed by atoms with E-state index < -0.39 is 12.2 Å². The van der Waals surface area contributed by atoms with Crippen molar-refractivity contribution in [3.05, 3.63) is 60.7 Å². The van der Waals surface area contributed by atoms with Crippen LogP contribution in [0.5, 0.6) is 11.5 Å². The van der Waals surface area contributed by atoms with Crippen LogP contribution in [0.4, 0.5) is 0 Å². The average molecular weight is 571 g/mol. The topological polar surface area (TPSA) is 77.4 Å². The molecule has 4 rings (SSSR count). The van der Waals surface area contributed by atoms with E-state index in [1.165, 1.54) is 6.42 Å². The molecule has 0 heterocycles. The maximum Gasteiger partial charge on any atom is 0.119 e. The molecule has 0 spiro atoms. The molecule has 0 radical (unpaired) electrons. The molecule has 220 valence electrons. The van der Waals surface area contributed by atoms with Gasteiger partial charge in [-0.2, -0.15) is 6.13 Å². The molecule has 40 heavy (non-hydrogen) atoms. The molecule has 2 aromatic carbocycles. The molecule has 0 saturated heterocycles. The van der Waals surface area contributed by atoms with Gasteiger partial charge in [0, 0.05) is 5.66 Å². The molecule has 0 amide bonds. The second-order valence-corrected chi connectivity index (χ2v) is 13.6. The van der Waals surface area contributed by atoms with Crippen molar-refractivity contribution in [1.29, 1.82) is 0 Å². The molecule has 2 N–H and O–H groups in total. The Labute approximate surface area is 241 Å². The Hall–Kier alpha value is -2.04. The van der Waals surface area contributed by atoms with Crippen molar-refractivity contribution in [2.24, 2.45) is 22.7 Å². The van der Waals surface area contributed by atoms with Gasteiger partial charge in [0.25, 0.3) is 0 Å². The first kappa shape index (κ1) is 30.9. The summed E-state index contributed by atoms with van der Waals surface area (Å²) in [7, 11) is 0.432. The highest BCUT2D eigenvalue weighted by Gasteiger charge is 2.48. The van der Waals surface area contributed by atoms with Crippen LogP contribution in [0.1, 0.15) is 46.0 Å². The Balaban J connectivity index is 1.12. The summed E-state index contributed by atoms with van der Waals surface area (Å²) in [6.07, 6.45) is 10.7. The zero-order valence-corrected chi connectivity index (χ0v) is 25.0. The quantitative estimate of drug-likeness (QED) is 0.265. The van der Waals surface area contributed by atoms with E-state index in [0.29, 0.717) is 38.7 Å². The van der Waals surface area contributed by atoms with Gasteiger partial charge in [-0.3, -0.25) is 0 Å². The third kappa shape index (κ3) is 9.24. The van der Waals surface area contributed by atoms with Gasteiger partial charge < -0.3 is 29.2 Å². The minimum Gasteiger partial charge on any atom is -0.491 e. The number of para-hydroxylation sites is 2. The fraction of sp³-hybridized carbons (Fsp3) is 0.606. The largest absolute Gasteiger partial charge is 0.491 e. The first-order chi connectivity index (χ1) is 19.3. The van der Waals surface area contributed by atoms with Crippen molar-refractivity contribution in [1.82, 2.24) is 0 Å². The lowest BCUT2D eigenvalue weighted by atomic mass is 9.55. The molecular formula is C33H47O6P. The van der Waals surface area contributed by atoms with E-state index in [-0.39, 0.29) is 37.3 Å². The predicted octanol–water partition coefficient (Wildman–Crippen LogP) is 5.76. The van der Waals surface area contributed by atoms with Crippen LogP contribution < -0.4 is 9.47 Å². The van der Waals surface area contributed by atoms with Crippen molar-refractivity contribution in [2.45, 2.75) is 63.8 Å². The van der Waals surface area contributed by atoms with Crippen molar-refractivity contribution < 1.29 is 29.2 Å². The van der Waals surface area contributed by atoms with Crippen LogP contribution in [0.2, 0.25) is 0 Å². The fourth-order valence-corrected chi connectivity index (χ4v) is 7.70. The van der Waals surface area contributed by atoms with E-state index >= 15 is 0 Å². The zero-order valence-electron chi connectivity index (χ0n) is 24.0. The van der Waals surface area contributed by atoms with Crippen molar-refractivity contribution >= 4 is 8.04 Å². The maximum atomic E-state index is 10.3. The van der Waals surface area contributed by atoms with E-state index in [1.807, 2.05) is 60.7 Å². The normalized spacial score (nSPS) is 29.8. The monoisotopic (exact) mass is 570 g/mol. The predicted molar refractivity (Wildman–Crippen MR) is 161 cm³/mol. The van der Waals surface area contributed by atoms with E-state index in [2.05, 4.69) is 13.8 Å². The number of ether oxygens (including phenoxy) is 4. The van der Waals surface area contributed by atoms with E-state index in [4.69, 9.17) is 25.1 Å². The third-order valence-electron chi connectivity index (χ3n) is 8.53. The molecule has 0 bridgehead atoms.